The molecule has 0 aromatic carbocycles. The second-order valence-corrected chi connectivity index (χ2v) is 11.2. The van der Waals surface area contributed by atoms with Gasteiger partial charge in [0.05, 0.1) is 0 Å². The predicted octanol–water partition coefficient (Wildman–Crippen LogP) is 3.75. The zero-order valence-electron chi connectivity index (χ0n) is 22.9. The highest BCUT2D eigenvalue weighted by molar-refractivity contribution is 5.78. The third-order valence-electron chi connectivity index (χ3n) is 8.52. The van der Waals surface area contributed by atoms with E-state index in [1.807, 2.05) is 6.20 Å². The lowest BCUT2D eigenvalue weighted by Crippen LogP contribution is -2.55. The molecule has 0 unspecified atom stereocenters. The van der Waals surface area contributed by atoms with Crippen molar-refractivity contribution in [1.82, 2.24) is 25.1 Å². The Labute approximate surface area is 218 Å². The van der Waals surface area contributed by atoms with E-state index in [2.05, 4.69) is 57.2 Å². The number of nitrogens with zero attached hydrogens (tertiary/aromatic N) is 5. The molecule has 1 amide bonds. The van der Waals surface area contributed by atoms with Crippen LogP contribution in [0.25, 0.3) is 0 Å². The van der Waals surface area contributed by atoms with Gasteiger partial charge < -0.3 is 20.4 Å². The van der Waals surface area contributed by atoms with Gasteiger partial charge in [-0.2, -0.15) is 4.98 Å². The molecule has 8 nitrogen and oxygen atoms in total. The average Bonchev–Trinajstić information content (AvgIpc) is 3.19. The smallest absolute Gasteiger partial charge is 0.224 e. The van der Waals surface area contributed by atoms with Gasteiger partial charge in [0.15, 0.2) is 0 Å². The van der Waals surface area contributed by atoms with Crippen LogP contribution in [0.3, 0.4) is 0 Å². The number of carbonyl (C=O) groups excluding carboxylic acids is 1. The largest absolute Gasteiger partial charge is 0.356 e. The summed E-state index contributed by atoms with van der Waals surface area (Å²) in [6, 6.07) is 3.16. The van der Waals surface area contributed by atoms with Crippen molar-refractivity contribution in [1.29, 1.82) is 0 Å². The molecule has 3 aliphatic rings. The van der Waals surface area contributed by atoms with Gasteiger partial charge in [0, 0.05) is 49.9 Å². The molecule has 202 valence electrons. The maximum Gasteiger partial charge on any atom is 0.224 e. The van der Waals surface area contributed by atoms with Crippen LogP contribution in [0.1, 0.15) is 78.6 Å². The van der Waals surface area contributed by atoms with Crippen LogP contribution in [0.4, 0.5) is 11.8 Å². The first kappa shape index (κ1) is 27.1. The fraction of sp³-hybridized carbons (Fsp3) is 0.821. The SMILES string of the molecule is CCN1CCC(C(=O)NCC[C@@H]2[C@@H](Nc3nccc(N4CCCCCC4)n3)CCCN2C(C)C)CC1. The molecular weight excluding hydrogens is 450 g/mol. The normalized spacial score (nSPS) is 25.1. The first-order valence-electron chi connectivity index (χ1n) is 14.7. The van der Waals surface area contributed by atoms with E-state index in [4.69, 9.17) is 4.98 Å². The molecule has 4 heterocycles. The zero-order valence-corrected chi connectivity index (χ0v) is 22.9. The molecule has 4 rings (SSSR count). The molecule has 3 aliphatic heterocycles. The van der Waals surface area contributed by atoms with Crippen molar-refractivity contribution in [3.63, 3.8) is 0 Å². The predicted molar refractivity (Wildman–Crippen MR) is 147 cm³/mol. The number of piperidine rings is 2. The topological polar surface area (TPSA) is 76.6 Å². The molecule has 0 bridgehead atoms. The summed E-state index contributed by atoms with van der Waals surface area (Å²) < 4.78 is 0. The van der Waals surface area contributed by atoms with Gasteiger partial charge >= 0.3 is 0 Å². The molecule has 0 radical (unpaired) electrons. The molecule has 3 fully saturated rings. The Morgan fingerprint density at radius 1 is 1.03 bits per heavy atom. The number of nitrogens with one attached hydrogen (secondary N) is 2. The maximum atomic E-state index is 12.9. The van der Waals surface area contributed by atoms with Crippen LogP contribution in [0.2, 0.25) is 0 Å². The van der Waals surface area contributed by atoms with Gasteiger partial charge in [-0.1, -0.05) is 19.8 Å². The summed E-state index contributed by atoms with van der Waals surface area (Å²) in [4.78, 5) is 29.8. The number of anilines is 2. The van der Waals surface area contributed by atoms with Crippen LogP contribution < -0.4 is 15.5 Å². The van der Waals surface area contributed by atoms with E-state index in [9.17, 15) is 4.79 Å². The lowest BCUT2D eigenvalue weighted by atomic mass is 9.92. The molecule has 0 aliphatic carbocycles. The third-order valence-corrected chi connectivity index (χ3v) is 8.52. The van der Waals surface area contributed by atoms with Gasteiger partial charge in [0.1, 0.15) is 5.82 Å². The van der Waals surface area contributed by atoms with Gasteiger partial charge in [-0.25, -0.2) is 4.98 Å². The number of rotatable bonds is 9. The highest BCUT2D eigenvalue weighted by Crippen LogP contribution is 2.26. The lowest BCUT2D eigenvalue weighted by molar-refractivity contribution is -0.126. The van der Waals surface area contributed by atoms with Gasteiger partial charge in [-0.3, -0.25) is 9.69 Å². The van der Waals surface area contributed by atoms with E-state index in [-0.39, 0.29) is 17.9 Å². The monoisotopic (exact) mass is 499 g/mol. The average molecular weight is 500 g/mol. The fourth-order valence-electron chi connectivity index (χ4n) is 6.32. The molecule has 0 saturated carbocycles. The van der Waals surface area contributed by atoms with Crippen molar-refractivity contribution < 1.29 is 4.79 Å². The van der Waals surface area contributed by atoms with E-state index in [1.54, 1.807) is 0 Å². The Bertz CT molecular complexity index is 803. The summed E-state index contributed by atoms with van der Waals surface area (Å²) in [7, 11) is 0. The minimum atomic E-state index is 0.171. The van der Waals surface area contributed by atoms with Crippen LogP contribution in [-0.4, -0.2) is 89.6 Å². The summed E-state index contributed by atoms with van der Waals surface area (Å²) in [6.07, 6.45) is 12.2. The first-order chi connectivity index (χ1) is 17.5. The van der Waals surface area contributed by atoms with E-state index < -0.39 is 0 Å². The highest BCUT2D eigenvalue weighted by Gasteiger charge is 2.33. The third kappa shape index (κ3) is 7.31. The Hall–Kier alpha value is -1.93. The van der Waals surface area contributed by atoms with Crippen molar-refractivity contribution in [2.75, 3.05) is 56.0 Å². The van der Waals surface area contributed by atoms with Crippen LogP contribution >= 0.6 is 0 Å². The molecule has 0 spiro atoms. The molecule has 36 heavy (non-hydrogen) atoms. The summed E-state index contributed by atoms with van der Waals surface area (Å²) in [5, 5.41) is 7.00. The van der Waals surface area contributed by atoms with Gasteiger partial charge in [0.25, 0.3) is 0 Å². The van der Waals surface area contributed by atoms with Crippen molar-refractivity contribution in [3.05, 3.63) is 12.3 Å². The quantitative estimate of drug-likeness (QED) is 0.536. The maximum absolute atomic E-state index is 12.9. The van der Waals surface area contributed by atoms with Crippen LogP contribution in [0.5, 0.6) is 0 Å². The Morgan fingerprint density at radius 3 is 2.47 bits per heavy atom. The number of hydrogen-bond acceptors (Lipinski definition) is 7. The number of amides is 1. The molecule has 8 heteroatoms. The van der Waals surface area contributed by atoms with Gasteiger partial charge in [0.2, 0.25) is 11.9 Å². The van der Waals surface area contributed by atoms with E-state index in [0.29, 0.717) is 12.1 Å². The Balaban J connectivity index is 1.35. The standard InChI is InChI=1S/C28H49N7O/c1-4-33-20-13-23(14-21-33)27(36)29-15-11-25-24(10-9-19-35(25)22(2)3)31-28-30-16-12-26(32-28)34-17-7-5-6-8-18-34/h12,16,22-25H,4-11,13-15,17-21H2,1-3H3,(H,29,36)(H,30,31,32)/t24-,25+/m0/s1. The molecule has 1 aromatic heterocycles. The number of carbonyl (C=O) groups is 1. The summed E-state index contributed by atoms with van der Waals surface area (Å²) >= 11 is 0. The van der Waals surface area contributed by atoms with Crippen LogP contribution in [-0.2, 0) is 4.79 Å². The highest BCUT2D eigenvalue weighted by atomic mass is 16.1. The minimum absolute atomic E-state index is 0.171. The first-order valence-corrected chi connectivity index (χ1v) is 14.7. The molecular formula is C28H49N7O. The number of likely N-dealkylation sites (tertiary alicyclic amines) is 2. The van der Waals surface area contributed by atoms with E-state index in [0.717, 1.165) is 83.3 Å². The molecule has 3 saturated heterocycles. The van der Waals surface area contributed by atoms with Crippen LogP contribution in [0, 0.1) is 5.92 Å². The summed E-state index contributed by atoms with van der Waals surface area (Å²) in [6.45, 7) is 13.9. The van der Waals surface area contributed by atoms with Gasteiger partial charge in [-0.05, 0) is 91.0 Å². The molecule has 1 aromatic rings. The van der Waals surface area contributed by atoms with Crippen molar-refractivity contribution >= 4 is 17.7 Å². The zero-order chi connectivity index (χ0) is 25.3. The summed E-state index contributed by atoms with van der Waals surface area (Å²) in [5.74, 6) is 2.20. The molecule has 2 atom stereocenters. The van der Waals surface area contributed by atoms with E-state index >= 15 is 0 Å². The Kier molecular flexibility index (Phi) is 10.2. The second-order valence-electron chi connectivity index (χ2n) is 11.2. The van der Waals surface area contributed by atoms with E-state index in [1.165, 1.54) is 32.1 Å². The van der Waals surface area contributed by atoms with Crippen molar-refractivity contribution in [3.8, 4) is 0 Å². The lowest BCUT2D eigenvalue weighted by Gasteiger charge is -2.44. The molecule has 2 N–H and O–H groups in total. The minimum Gasteiger partial charge on any atom is -0.356 e. The van der Waals surface area contributed by atoms with Crippen LogP contribution in [0.15, 0.2) is 12.3 Å². The number of hydrogen-bond donors (Lipinski definition) is 2. The summed E-state index contributed by atoms with van der Waals surface area (Å²) in [5.41, 5.74) is 0. The van der Waals surface area contributed by atoms with Gasteiger partial charge in [-0.15, -0.1) is 0 Å². The second kappa shape index (κ2) is 13.6. The number of aromatic nitrogens is 2. The van der Waals surface area contributed by atoms with Crippen molar-refractivity contribution in [2.24, 2.45) is 5.92 Å². The Morgan fingerprint density at radius 2 is 1.78 bits per heavy atom. The fourth-order valence-corrected chi connectivity index (χ4v) is 6.32. The van der Waals surface area contributed by atoms with Crippen molar-refractivity contribution in [2.45, 2.75) is 96.7 Å².